The number of nitrogens with one attached hydrogen (secondary N) is 2. The average molecular weight is 1200 g/mol. The van der Waals surface area contributed by atoms with E-state index in [0.717, 1.165) is 44.8 Å². The lowest BCUT2D eigenvalue weighted by Gasteiger charge is -2.31. The second-order valence-electron chi connectivity index (χ2n) is 25.3. The molecule has 86 heavy (non-hydrogen) atoms. The molecule has 0 aliphatic heterocycles. The third-order valence-electron chi connectivity index (χ3n) is 13.6. The number of carbonyl (C=O) groups is 4. The Bertz CT molecular complexity index is 3800. The van der Waals surface area contributed by atoms with Crippen LogP contribution in [0.4, 0.5) is 41.9 Å². The number of fused-ring (bicyclic) bond motifs is 4. The molecular formula is C68H76Cl2N8O8. The molecule has 4 amide bonds. The van der Waals surface area contributed by atoms with E-state index in [1.54, 1.807) is 9.80 Å². The number of anilines is 4. The van der Waals surface area contributed by atoms with Crippen molar-refractivity contribution < 1.29 is 72.1 Å². The van der Waals surface area contributed by atoms with Crippen molar-refractivity contribution in [2.75, 3.05) is 20.4 Å². The first-order valence-electron chi connectivity index (χ1n) is 28.2. The summed E-state index contributed by atoms with van der Waals surface area (Å²) in [7, 11) is 0. The van der Waals surface area contributed by atoms with Crippen LogP contribution in [0.2, 0.25) is 0 Å². The van der Waals surface area contributed by atoms with Crippen molar-refractivity contribution in [1.29, 1.82) is 0 Å². The normalized spacial score (nSPS) is 11.8. The lowest BCUT2D eigenvalue weighted by atomic mass is 10.0. The first-order valence-corrected chi connectivity index (χ1v) is 28.2. The van der Waals surface area contributed by atoms with Crippen LogP contribution in [-0.4, -0.2) is 56.7 Å². The van der Waals surface area contributed by atoms with Crippen LogP contribution in [0.3, 0.4) is 0 Å². The van der Waals surface area contributed by atoms with E-state index in [0.29, 0.717) is 66.9 Å². The third kappa shape index (κ3) is 15.1. The lowest BCUT2D eigenvalue weighted by molar-refractivity contribution is -0.538. The number of benzene rings is 7. The minimum absolute atomic E-state index is 0. The zero-order chi connectivity index (χ0) is 60.8. The molecule has 0 saturated heterocycles. The molecule has 0 aliphatic rings. The Labute approximate surface area is 515 Å². The van der Waals surface area contributed by atoms with E-state index in [4.69, 9.17) is 28.9 Å². The molecule has 9 aromatic rings. The van der Waals surface area contributed by atoms with Crippen LogP contribution in [0.1, 0.15) is 116 Å². The molecule has 9 rings (SSSR count). The van der Waals surface area contributed by atoms with E-state index in [1.807, 2.05) is 244 Å². The van der Waals surface area contributed by atoms with Crippen LogP contribution in [0.5, 0.6) is 0 Å². The monoisotopic (exact) mass is 1200 g/mol. The highest BCUT2D eigenvalue weighted by molar-refractivity contribution is 5.97. The van der Waals surface area contributed by atoms with Gasteiger partial charge in [0.25, 0.3) is 0 Å². The van der Waals surface area contributed by atoms with Gasteiger partial charge in [-0.25, -0.2) is 29.1 Å². The topological polar surface area (TPSA) is 169 Å². The van der Waals surface area contributed by atoms with Crippen LogP contribution in [0.25, 0.3) is 55.5 Å². The SMILES string of the molecule is Cc1cc2nc3cc(C)c(N(Cc4ccccc4CN(C(=O)OC(C)(C)C)c4cc5c(cc4C)nc4cc(C)c(NC(=O)OC(C)(C)C)cc4[n+]5-c4ccccc4)C(=O)OC(C)(C)C)cc3[n+](-c3ccccc3)c2cc1NC(=O)OC(C)(C)C.[Cl-].[Cl-]. The molecule has 0 spiro atoms. The molecule has 2 heterocycles. The van der Waals surface area contributed by atoms with Crippen LogP contribution in [0, 0.1) is 27.7 Å². The van der Waals surface area contributed by atoms with Gasteiger partial charge in [-0.15, -0.1) is 9.13 Å². The number of nitrogens with zero attached hydrogens (tertiary/aromatic N) is 6. The predicted molar refractivity (Wildman–Crippen MR) is 331 cm³/mol. The first-order chi connectivity index (χ1) is 39.4. The highest BCUT2D eigenvalue weighted by Gasteiger charge is 2.33. The molecule has 0 radical (unpaired) electrons. The number of hydrogen-bond donors (Lipinski definition) is 2. The molecule has 0 bridgehead atoms. The summed E-state index contributed by atoms with van der Waals surface area (Å²) in [6.07, 6.45) is -2.33. The molecule has 0 atom stereocenters. The average Bonchev–Trinajstić information content (AvgIpc) is 0.809. The highest BCUT2D eigenvalue weighted by Crippen LogP contribution is 2.35. The lowest BCUT2D eigenvalue weighted by Crippen LogP contribution is -3.00. The maximum Gasteiger partial charge on any atom is 0.415 e. The second kappa shape index (κ2) is 25.2. The summed E-state index contributed by atoms with van der Waals surface area (Å²) in [6, 6.07) is 43.0. The van der Waals surface area contributed by atoms with Gasteiger partial charge in [-0.2, -0.15) is 0 Å². The minimum atomic E-state index is -0.871. The quantitative estimate of drug-likeness (QED) is 0.0765. The van der Waals surface area contributed by atoms with E-state index < -0.39 is 46.8 Å². The molecule has 0 fully saturated rings. The summed E-state index contributed by atoms with van der Waals surface area (Å²) >= 11 is 0. The molecule has 18 heteroatoms. The van der Waals surface area contributed by atoms with E-state index in [1.165, 1.54) is 0 Å². The van der Waals surface area contributed by atoms with Gasteiger partial charge in [-0.05, 0) is 168 Å². The van der Waals surface area contributed by atoms with Crippen molar-refractivity contribution in [1.82, 2.24) is 9.97 Å². The summed E-state index contributed by atoms with van der Waals surface area (Å²) in [4.78, 5) is 70.0. The number of ether oxygens (including phenoxy) is 4. The first kappa shape index (κ1) is 65.0. The summed E-state index contributed by atoms with van der Waals surface area (Å²) < 4.78 is 27.9. The molecule has 450 valence electrons. The number of aryl methyl sites for hydroxylation is 4. The van der Waals surface area contributed by atoms with Gasteiger partial charge >= 0.3 is 24.4 Å². The van der Waals surface area contributed by atoms with Crippen molar-refractivity contribution >= 4 is 91.3 Å². The number of rotatable bonds is 10. The van der Waals surface area contributed by atoms with Crippen LogP contribution in [0.15, 0.2) is 133 Å². The molecule has 16 nitrogen and oxygen atoms in total. The Kier molecular flexibility index (Phi) is 19.0. The number of carbonyl (C=O) groups excluding carboxylic acids is 4. The van der Waals surface area contributed by atoms with E-state index in [9.17, 15) is 19.2 Å². The van der Waals surface area contributed by atoms with Gasteiger partial charge < -0.3 is 43.8 Å². The molecule has 0 aliphatic carbocycles. The number of amides is 4. The van der Waals surface area contributed by atoms with E-state index in [2.05, 4.69) is 19.8 Å². The van der Waals surface area contributed by atoms with Gasteiger partial charge in [0.2, 0.25) is 33.4 Å². The molecule has 2 N–H and O–H groups in total. The zero-order valence-corrected chi connectivity index (χ0v) is 53.3. The Balaban J connectivity index is 0.00000529. The van der Waals surface area contributed by atoms with Crippen LogP contribution in [-0.2, 0) is 32.0 Å². The van der Waals surface area contributed by atoms with Crippen LogP contribution >= 0.6 is 0 Å². The smallest absolute Gasteiger partial charge is 0.415 e. The Morgan fingerprint density at radius 3 is 1.01 bits per heavy atom. The van der Waals surface area contributed by atoms with Gasteiger partial charge in [-0.3, -0.25) is 20.4 Å². The fourth-order valence-electron chi connectivity index (χ4n) is 10.0. The second-order valence-corrected chi connectivity index (χ2v) is 25.3. The van der Waals surface area contributed by atoms with Gasteiger partial charge in [0.15, 0.2) is 0 Å². The largest absolute Gasteiger partial charge is 1.00 e. The zero-order valence-electron chi connectivity index (χ0n) is 51.8. The minimum Gasteiger partial charge on any atom is -1.00 e. The van der Waals surface area contributed by atoms with E-state index in [-0.39, 0.29) is 37.9 Å². The van der Waals surface area contributed by atoms with Gasteiger partial charge in [0.1, 0.15) is 44.5 Å². The molecule has 2 aromatic heterocycles. The Morgan fingerprint density at radius 1 is 0.407 bits per heavy atom. The predicted octanol–water partition coefficient (Wildman–Crippen LogP) is 9.46. The highest BCUT2D eigenvalue weighted by atomic mass is 35.5. The van der Waals surface area contributed by atoms with Crippen molar-refractivity contribution in [2.24, 2.45) is 0 Å². The summed E-state index contributed by atoms with van der Waals surface area (Å²) in [5.74, 6) is 0. The number of halogens is 2. The summed E-state index contributed by atoms with van der Waals surface area (Å²) in [5, 5.41) is 5.90. The van der Waals surface area contributed by atoms with Crippen LogP contribution < -0.4 is 54.4 Å². The summed E-state index contributed by atoms with van der Waals surface area (Å²) in [5.41, 5.74) is 10.8. The van der Waals surface area contributed by atoms with Gasteiger partial charge in [-0.1, -0.05) is 60.7 Å². The van der Waals surface area contributed by atoms with E-state index >= 15 is 0 Å². The molecule has 7 aromatic carbocycles. The van der Waals surface area contributed by atoms with Crippen molar-refractivity contribution in [2.45, 2.75) is 146 Å². The standard InChI is InChI=1S/C68H74N8O8.2ClH/c1-41-31-51-57(35-49(41)71-61(77)81-65(5,6)7)75(47-27-19-17-20-28-47)59-37-55(43(3)33-53(59)69-51)73(63(79)83-67(11,12)13)39-45-25-23-24-26-46(45)40-74(64(80)84-68(14,15)16)56-38-60-54(34-44(56)4)70-52-32-42(2)50(72-62(78)82-66(8,9)10)36-58(52)76(60)48-29-21-18-22-30-48;;/h17-38H,39-40H2,1-16H3;2*1H. The number of hydrogen-bond acceptors (Lipinski definition) is 10. The number of aromatic nitrogens is 4. The fourth-order valence-corrected chi connectivity index (χ4v) is 10.0. The molecule has 0 saturated carbocycles. The van der Waals surface area contributed by atoms with Crippen molar-refractivity contribution in [3.63, 3.8) is 0 Å². The van der Waals surface area contributed by atoms with Crippen molar-refractivity contribution in [3.8, 4) is 11.4 Å². The molecular weight excluding hydrogens is 1130 g/mol. The third-order valence-corrected chi connectivity index (χ3v) is 13.6. The Morgan fingerprint density at radius 2 is 0.698 bits per heavy atom. The molecule has 0 unspecified atom stereocenters. The fraction of sp³-hybridized carbons (Fsp3) is 0.324. The van der Waals surface area contributed by atoms with Gasteiger partial charge in [0, 0.05) is 48.5 Å². The summed E-state index contributed by atoms with van der Waals surface area (Å²) in [6.45, 7) is 29.7. The van der Waals surface area contributed by atoms with Crippen molar-refractivity contribution in [3.05, 3.63) is 167 Å². The maximum absolute atomic E-state index is 15.0. The van der Waals surface area contributed by atoms with Gasteiger partial charge in [0.05, 0.1) is 35.8 Å². The number of para-hydroxylation sites is 2. The Hall–Kier alpha value is -8.60. The maximum atomic E-state index is 15.0.